The van der Waals surface area contributed by atoms with Crippen molar-refractivity contribution in [3.63, 3.8) is 0 Å². The van der Waals surface area contributed by atoms with E-state index in [4.69, 9.17) is 4.98 Å². The molecule has 0 atom stereocenters. The number of aromatic nitrogens is 1. The fourth-order valence-corrected chi connectivity index (χ4v) is 11.2. The van der Waals surface area contributed by atoms with Gasteiger partial charge in [0.1, 0.15) is 5.82 Å². The Labute approximate surface area is 169 Å². The minimum absolute atomic E-state index is 1.22. The van der Waals surface area contributed by atoms with E-state index in [0.717, 1.165) is 0 Å². The average molecular weight is 401 g/mol. The van der Waals surface area contributed by atoms with Crippen molar-refractivity contribution in [3.05, 3.63) is 36.5 Å². The standard InChI is InChI=1S/C23H40N2Si2/c1-7-26(8-2,9-3)19-25(20-27(10-4,11-5)12-6)23-17-21-15-13-14-16-22(21)18-24-23/h13-18H,7-12,19-20H2,1-6H3. The third kappa shape index (κ3) is 5.02. The molecule has 0 aliphatic carbocycles. The third-order valence-corrected chi connectivity index (χ3v) is 18.6. The lowest BCUT2D eigenvalue weighted by Gasteiger charge is -2.41. The van der Waals surface area contributed by atoms with Crippen molar-refractivity contribution in [2.75, 3.05) is 17.2 Å². The van der Waals surface area contributed by atoms with Gasteiger partial charge in [-0.05, 0) is 11.5 Å². The Morgan fingerprint density at radius 2 is 1.15 bits per heavy atom. The molecule has 150 valence electrons. The maximum atomic E-state index is 4.95. The monoisotopic (exact) mass is 400 g/mol. The second-order valence-electron chi connectivity index (χ2n) is 8.37. The zero-order valence-electron chi connectivity index (χ0n) is 18.5. The molecule has 0 fully saturated rings. The van der Waals surface area contributed by atoms with Gasteiger partial charge >= 0.3 is 0 Å². The Morgan fingerprint density at radius 1 is 0.704 bits per heavy atom. The highest BCUT2D eigenvalue weighted by Gasteiger charge is 2.35. The fraction of sp³-hybridized carbons (Fsp3) is 0.609. The second-order valence-corrected chi connectivity index (χ2v) is 19.2. The summed E-state index contributed by atoms with van der Waals surface area (Å²) in [6.07, 6.45) is 4.63. The van der Waals surface area contributed by atoms with Crippen LogP contribution in [-0.2, 0) is 0 Å². The molecule has 1 aromatic carbocycles. The summed E-state index contributed by atoms with van der Waals surface area (Å²) in [7, 11) is -2.52. The molecule has 0 saturated carbocycles. The van der Waals surface area contributed by atoms with Crippen LogP contribution >= 0.6 is 0 Å². The predicted octanol–water partition coefficient (Wildman–Crippen LogP) is 7.14. The molecule has 0 spiro atoms. The zero-order chi connectivity index (χ0) is 19.9. The minimum Gasteiger partial charge on any atom is -0.362 e. The largest absolute Gasteiger partial charge is 0.362 e. The minimum atomic E-state index is -1.26. The lowest BCUT2D eigenvalue weighted by atomic mass is 10.2. The van der Waals surface area contributed by atoms with Crippen LogP contribution in [0.4, 0.5) is 5.82 Å². The number of hydrogen-bond acceptors (Lipinski definition) is 2. The summed E-state index contributed by atoms with van der Waals surface area (Å²) in [5.74, 6) is 1.22. The fourth-order valence-electron chi connectivity index (χ4n) is 4.44. The van der Waals surface area contributed by atoms with Crippen LogP contribution < -0.4 is 4.90 Å². The molecule has 0 radical (unpaired) electrons. The Bertz CT molecular complexity index is 670. The molecular weight excluding hydrogens is 360 g/mol. The van der Waals surface area contributed by atoms with Crippen molar-refractivity contribution >= 4 is 32.7 Å². The van der Waals surface area contributed by atoms with Crippen LogP contribution in [0, 0.1) is 0 Å². The van der Waals surface area contributed by atoms with Gasteiger partial charge in [-0.25, -0.2) is 4.98 Å². The molecule has 0 N–H and O–H groups in total. The molecule has 0 bridgehead atoms. The first-order valence-corrected chi connectivity index (χ1v) is 16.8. The first-order chi connectivity index (χ1) is 13.0. The molecule has 4 heteroatoms. The molecule has 2 aromatic rings. The molecular formula is C23H40N2Si2. The van der Waals surface area contributed by atoms with Gasteiger partial charge in [-0.1, -0.05) is 102 Å². The summed E-state index contributed by atoms with van der Waals surface area (Å²) < 4.78 is 0. The predicted molar refractivity (Wildman–Crippen MR) is 128 cm³/mol. The van der Waals surface area contributed by atoms with Crippen LogP contribution in [0.25, 0.3) is 10.8 Å². The lowest BCUT2D eigenvalue weighted by Crippen LogP contribution is -2.53. The number of anilines is 1. The number of nitrogens with zero attached hydrogens (tertiary/aromatic N) is 2. The topological polar surface area (TPSA) is 16.1 Å². The smallest absolute Gasteiger partial charge is 0.128 e. The van der Waals surface area contributed by atoms with Crippen molar-refractivity contribution in [2.24, 2.45) is 0 Å². The van der Waals surface area contributed by atoms with Gasteiger partial charge in [-0.2, -0.15) is 0 Å². The number of pyridine rings is 1. The number of rotatable bonds is 11. The van der Waals surface area contributed by atoms with Gasteiger partial charge in [-0.3, -0.25) is 0 Å². The molecule has 27 heavy (non-hydrogen) atoms. The van der Waals surface area contributed by atoms with E-state index < -0.39 is 16.1 Å². The van der Waals surface area contributed by atoms with Crippen LogP contribution in [0.3, 0.4) is 0 Å². The van der Waals surface area contributed by atoms with Gasteiger partial charge in [0.15, 0.2) is 0 Å². The first kappa shape index (κ1) is 22.2. The highest BCUT2D eigenvalue weighted by molar-refractivity contribution is 6.82. The zero-order valence-corrected chi connectivity index (χ0v) is 20.5. The number of fused-ring (bicyclic) bond motifs is 1. The molecule has 0 aliphatic rings. The SMILES string of the molecule is CC[Si](CC)(CC)CN(C[Si](CC)(CC)CC)c1cc2ccccc2cn1. The molecule has 2 rings (SSSR count). The Kier molecular flexibility index (Phi) is 8.10. The van der Waals surface area contributed by atoms with Crippen LogP contribution in [0.5, 0.6) is 0 Å². The Hall–Kier alpha value is -1.14. The van der Waals surface area contributed by atoms with E-state index in [2.05, 4.69) is 83.0 Å². The van der Waals surface area contributed by atoms with Gasteiger partial charge < -0.3 is 4.90 Å². The van der Waals surface area contributed by atoms with E-state index in [1.54, 1.807) is 0 Å². The van der Waals surface area contributed by atoms with E-state index in [0.29, 0.717) is 0 Å². The van der Waals surface area contributed by atoms with Crippen molar-refractivity contribution < 1.29 is 0 Å². The molecule has 0 saturated heterocycles. The summed E-state index contributed by atoms with van der Waals surface area (Å²) >= 11 is 0. The summed E-state index contributed by atoms with van der Waals surface area (Å²) in [6, 6.07) is 19.3. The molecule has 0 unspecified atom stereocenters. The van der Waals surface area contributed by atoms with Crippen LogP contribution in [-0.4, -0.2) is 33.5 Å². The normalized spacial score (nSPS) is 12.5. The van der Waals surface area contributed by atoms with Crippen molar-refractivity contribution in [2.45, 2.75) is 77.8 Å². The highest BCUT2D eigenvalue weighted by Crippen LogP contribution is 2.29. The molecule has 2 nitrogen and oxygen atoms in total. The average Bonchev–Trinajstić information content (AvgIpc) is 2.74. The van der Waals surface area contributed by atoms with E-state index in [-0.39, 0.29) is 0 Å². The van der Waals surface area contributed by atoms with Gasteiger partial charge in [-0.15, -0.1) is 0 Å². The summed E-state index contributed by atoms with van der Waals surface area (Å²) in [5.41, 5.74) is 0. The van der Waals surface area contributed by atoms with Gasteiger partial charge in [0.2, 0.25) is 0 Å². The van der Waals surface area contributed by atoms with Crippen molar-refractivity contribution in [1.82, 2.24) is 4.98 Å². The van der Waals surface area contributed by atoms with Crippen molar-refractivity contribution in [3.8, 4) is 0 Å². The molecule has 1 aromatic heterocycles. The van der Waals surface area contributed by atoms with Gasteiger partial charge in [0.05, 0.1) is 16.1 Å². The lowest BCUT2D eigenvalue weighted by molar-refractivity contribution is 0.916. The van der Waals surface area contributed by atoms with Crippen molar-refractivity contribution in [1.29, 1.82) is 0 Å². The Morgan fingerprint density at radius 3 is 1.59 bits per heavy atom. The van der Waals surface area contributed by atoms with Gasteiger partial charge in [0.25, 0.3) is 0 Å². The van der Waals surface area contributed by atoms with Crippen LogP contribution in [0.15, 0.2) is 36.5 Å². The van der Waals surface area contributed by atoms with E-state index >= 15 is 0 Å². The number of hydrogen-bond donors (Lipinski definition) is 0. The first-order valence-electron chi connectivity index (χ1n) is 11.1. The van der Waals surface area contributed by atoms with E-state index in [1.165, 1.54) is 65.2 Å². The second kappa shape index (κ2) is 9.88. The molecule has 0 amide bonds. The van der Waals surface area contributed by atoms with Crippen LogP contribution in [0.1, 0.15) is 41.5 Å². The Balaban J connectivity index is 2.46. The summed E-state index contributed by atoms with van der Waals surface area (Å²) in [4.78, 5) is 7.69. The molecule has 0 aliphatic heterocycles. The molecule has 1 heterocycles. The third-order valence-electron chi connectivity index (χ3n) is 7.49. The van der Waals surface area contributed by atoms with E-state index in [9.17, 15) is 0 Å². The maximum absolute atomic E-state index is 4.95. The van der Waals surface area contributed by atoms with E-state index in [1.807, 2.05) is 0 Å². The summed E-state index contributed by atoms with van der Waals surface area (Å²) in [6.45, 7) is 14.6. The van der Waals surface area contributed by atoms with Gasteiger partial charge in [0, 0.05) is 23.9 Å². The number of benzene rings is 1. The summed E-state index contributed by atoms with van der Waals surface area (Å²) in [5, 5.41) is 2.57. The quantitative estimate of drug-likeness (QED) is 0.373. The van der Waals surface area contributed by atoms with Crippen LogP contribution in [0.2, 0.25) is 36.3 Å². The maximum Gasteiger partial charge on any atom is 0.128 e. The highest BCUT2D eigenvalue weighted by atomic mass is 28.3.